The number of nitrogens with one attached hydrogen (secondary N) is 1. The van der Waals surface area contributed by atoms with E-state index in [1.54, 1.807) is 0 Å². The average molecular weight is 175 g/mol. The number of hydrogen-bond acceptors (Lipinski definition) is 1. The van der Waals surface area contributed by atoms with Gasteiger partial charge in [-0.2, -0.15) is 0 Å². The van der Waals surface area contributed by atoms with E-state index in [4.69, 9.17) is 0 Å². The van der Waals surface area contributed by atoms with Crippen molar-refractivity contribution in [3.8, 4) is 0 Å². The second-order valence-corrected chi connectivity index (χ2v) is 3.12. The van der Waals surface area contributed by atoms with Crippen LogP contribution in [0.25, 0.3) is 0 Å². The minimum atomic E-state index is 0.431. The molecule has 1 nitrogen and oxygen atoms in total. The van der Waals surface area contributed by atoms with Gasteiger partial charge in [-0.25, -0.2) is 0 Å². The molecule has 0 heterocycles. The van der Waals surface area contributed by atoms with Crippen LogP contribution in [-0.4, -0.2) is 6.04 Å². The summed E-state index contributed by atoms with van der Waals surface area (Å²) in [5.41, 5.74) is 1.32. The summed E-state index contributed by atoms with van der Waals surface area (Å²) in [5.74, 6) is 0. The number of rotatable bonds is 5. The highest BCUT2D eigenvalue weighted by Crippen LogP contribution is 1.99. The normalized spacial score (nSPS) is 12.4. The van der Waals surface area contributed by atoms with Crippen molar-refractivity contribution in [2.24, 2.45) is 0 Å². The summed E-state index contributed by atoms with van der Waals surface area (Å²) in [6, 6.07) is 10.8. The summed E-state index contributed by atoms with van der Waals surface area (Å²) < 4.78 is 0. The van der Waals surface area contributed by atoms with E-state index in [9.17, 15) is 0 Å². The van der Waals surface area contributed by atoms with Gasteiger partial charge in [0.15, 0.2) is 0 Å². The summed E-state index contributed by atoms with van der Waals surface area (Å²) >= 11 is 0. The van der Waals surface area contributed by atoms with Gasteiger partial charge in [0.2, 0.25) is 0 Å². The van der Waals surface area contributed by atoms with E-state index in [2.05, 4.69) is 43.1 Å². The van der Waals surface area contributed by atoms with E-state index in [0.29, 0.717) is 6.04 Å². The van der Waals surface area contributed by atoms with Gasteiger partial charge in [-0.05, 0) is 12.0 Å². The lowest BCUT2D eigenvalue weighted by atomic mass is 10.2. The third kappa shape index (κ3) is 3.43. The van der Waals surface area contributed by atoms with Crippen LogP contribution in [0.5, 0.6) is 0 Å². The minimum absolute atomic E-state index is 0.431. The van der Waals surface area contributed by atoms with Crippen LogP contribution in [-0.2, 0) is 6.54 Å². The first-order chi connectivity index (χ1) is 6.36. The molecule has 0 aliphatic rings. The standard InChI is InChI=1S/C12H17N/c1-3-12(4-2)13-10-11-8-6-5-7-9-11/h3,5-9,12-13H,1,4,10H2,2H3/t12-/m1/s1. The highest BCUT2D eigenvalue weighted by atomic mass is 14.9. The predicted molar refractivity (Wildman–Crippen MR) is 57.6 cm³/mol. The van der Waals surface area contributed by atoms with Crippen molar-refractivity contribution in [1.29, 1.82) is 0 Å². The SMILES string of the molecule is C=C[C@H](CC)NCc1ccccc1. The Labute approximate surface area is 80.5 Å². The molecule has 0 aliphatic heterocycles. The molecule has 0 spiro atoms. The fourth-order valence-corrected chi connectivity index (χ4v) is 1.24. The maximum Gasteiger partial charge on any atom is 0.0247 e. The summed E-state index contributed by atoms with van der Waals surface area (Å²) in [6.45, 7) is 6.86. The predicted octanol–water partition coefficient (Wildman–Crippen LogP) is 2.74. The van der Waals surface area contributed by atoms with Crippen LogP contribution in [0.4, 0.5) is 0 Å². The number of benzene rings is 1. The Morgan fingerprint density at radius 1 is 1.38 bits per heavy atom. The molecule has 0 fully saturated rings. The summed E-state index contributed by atoms with van der Waals surface area (Å²) in [4.78, 5) is 0. The Balaban J connectivity index is 2.38. The van der Waals surface area contributed by atoms with Gasteiger partial charge < -0.3 is 5.32 Å². The Hall–Kier alpha value is -1.08. The molecule has 0 unspecified atom stereocenters. The van der Waals surface area contributed by atoms with Crippen LogP contribution >= 0.6 is 0 Å². The van der Waals surface area contributed by atoms with Crippen LogP contribution in [0.3, 0.4) is 0 Å². The van der Waals surface area contributed by atoms with Gasteiger partial charge in [0.05, 0.1) is 0 Å². The van der Waals surface area contributed by atoms with E-state index < -0.39 is 0 Å². The molecule has 13 heavy (non-hydrogen) atoms. The molecule has 0 saturated heterocycles. The quantitative estimate of drug-likeness (QED) is 0.678. The second-order valence-electron chi connectivity index (χ2n) is 3.12. The fraction of sp³-hybridized carbons (Fsp3) is 0.333. The molecule has 0 saturated carbocycles. The van der Waals surface area contributed by atoms with Crippen molar-refractivity contribution in [3.63, 3.8) is 0 Å². The minimum Gasteiger partial charge on any atom is -0.306 e. The molecule has 1 N–H and O–H groups in total. The highest BCUT2D eigenvalue weighted by Gasteiger charge is 1.98. The van der Waals surface area contributed by atoms with Crippen LogP contribution in [0, 0.1) is 0 Å². The van der Waals surface area contributed by atoms with Gasteiger partial charge in [-0.15, -0.1) is 6.58 Å². The fourth-order valence-electron chi connectivity index (χ4n) is 1.24. The second kappa shape index (κ2) is 5.55. The molecule has 0 aromatic heterocycles. The molecular weight excluding hydrogens is 158 g/mol. The lowest BCUT2D eigenvalue weighted by Gasteiger charge is -2.11. The van der Waals surface area contributed by atoms with Gasteiger partial charge in [-0.1, -0.05) is 43.3 Å². The summed E-state index contributed by atoms with van der Waals surface area (Å²) in [6.07, 6.45) is 3.05. The van der Waals surface area contributed by atoms with E-state index in [1.165, 1.54) is 5.56 Å². The van der Waals surface area contributed by atoms with Gasteiger partial charge >= 0.3 is 0 Å². The van der Waals surface area contributed by atoms with E-state index in [1.807, 2.05) is 12.1 Å². The Morgan fingerprint density at radius 3 is 2.62 bits per heavy atom. The molecule has 0 amide bonds. The van der Waals surface area contributed by atoms with Gasteiger partial charge in [0.25, 0.3) is 0 Å². The van der Waals surface area contributed by atoms with Crippen LogP contribution in [0.1, 0.15) is 18.9 Å². The molecule has 70 valence electrons. The molecule has 1 rings (SSSR count). The molecule has 1 atom stereocenters. The van der Waals surface area contributed by atoms with Crippen molar-refractivity contribution in [2.45, 2.75) is 25.9 Å². The first kappa shape index (κ1) is 10.0. The number of hydrogen-bond donors (Lipinski definition) is 1. The first-order valence-electron chi connectivity index (χ1n) is 4.76. The van der Waals surface area contributed by atoms with E-state index in [-0.39, 0.29) is 0 Å². The highest BCUT2D eigenvalue weighted by molar-refractivity contribution is 5.14. The first-order valence-corrected chi connectivity index (χ1v) is 4.76. The third-order valence-corrected chi connectivity index (χ3v) is 2.14. The molecule has 1 aromatic rings. The van der Waals surface area contributed by atoms with Crippen LogP contribution in [0.15, 0.2) is 43.0 Å². The third-order valence-electron chi connectivity index (χ3n) is 2.14. The average Bonchev–Trinajstić information content (AvgIpc) is 2.21. The molecular formula is C12H17N. The lowest BCUT2D eigenvalue weighted by molar-refractivity contribution is 0.579. The molecule has 0 bridgehead atoms. The molecule has 0 aliphatic carbocycles. The van der Waals surface area contributed by atoms with Crippen molar-refractivity contribution in [3.05, 3.63) is 48.6 Å². The van der Waals surface area contributed by atoms with E-state index in [0.717, 1.165) is 13.0 Å². The monoisotopic (exact) mass is 175 g/mol. The van der Waals surface area contributed by atoms with Gasteiger partial charge in [0, 0.05) is 12.6 Å². The smallest absolute Gasteiger partial charge is 0.0247 e. The van der Waals surface area contributed by atoms with Crippen molar-refractivity contribution in [1.82, 2.24) is 5.32 Å². The van der Waals surface area contributed by atoms with Crippen molar-refractivity contribution in [2.75, 3.05) is 0 Å². The zero-order chi connectivity index (χ0) is 9.52. The maximum atomic E-state index is 3.78. The van der Waals surface area contributed by atoms with Gasteiger partial charge in [0.1, 0.15) is 0 Å². The van der Waals surface area contributed by atoms with Gasteiger partial charge in [-0.3, -0.25) is 0 Å². The van der Waals surface area contributed by atoms with Crippen LogP contribution < -0.4 is 5.32 Å². The summed E-state index contributed by atoms with van der Waals surface area (Å²) in [5, 5.41) is 3.42. The Bertz CT molecular complexity index is 241. The lowest BCUT2D eigenvalue weighted by Crippen LogP contribution is -2.25. The largest absolute Gasteiger partial charge is 0.306 e. The van der Waals surface area contributed by atoms with Crippen LogP contribution in [0.2, 0.25) is 0 Å². The molecule has 0 radical (unpaired) electrons. The molecule has 1 heteroatoms. The van der Waals surface area contributed by atoms with Crippen molar-refractivity contribution >= 4 is 0 Å². The zero-order valence-corrected chi connectivity index (χ0v) is 8.16. The molecule has 1 aromatic carbocycles. The topological polar surface area (TPSA) is 12.0 Å². The maximum absolute atomic E-state index is 3.78. The van der Waals surface area contributed by atoms with E-state index >= 15 is 0 Å². The zero-order valence-electron chi connectivity index (χ0n) is 8.16. The summed E-state index contributed by atoms with van der Waals surface area (Å²) in [7, 11) is 0. The Morgan fingerprint density at radius 2 is 2.08 bits per heavy atom. The Kier molecular flexibility index (Phi) is 4.27. The van der Waals surface area contributed by atoms with Crippen molar-refractivity contribution < 1.29 is 0 Å².